The van der Waals surface area contributed by atoms with Crippen molar-refractivity contribution in [2.24, 2.45) is 0 Å². The number of nitrogens with zero attached hydrogens (tertiary/aromatic N) is 4. The first-order valence-corrected chi connectivity index (χ1v) is 15.5. The van der Waals surface area contributed by atoms with Gasteiger partial charge >= 0.3 is 0 Å². The number of fused-ring (bicyclic) bond motifs is 1. The van der Waals surface area contributed by atoms with E-state index in [1.54, 1.807) is 6.92 Å². The fraction of sp³-hybridized carbons (Fsp3) is 0.414. The Morgan fingerprint density at radius 3 is 2.31 bits per heavy atom. The van der Waals surface area contributed by atoms with Crippen molar-refractivity contribution < 1.29 is 28.1 Å². The maximum Gasteiger partial charge on any atom is 0.211 e. The third-order valence-electron chi connectivity index (χ3n) is 7.21. The molecule has 0 bridgehead atoms. The second-order valence-electron chi connectivity index (χ2n) is 10.2. The molecule has 4 N–H and O–H groups in total. The van der Waals surface area contributed by atoms with Crippen molar-refractivity contribution in [3.05, 3.63) is 83.9 Å². The van der Waals surface area contributed by atoms with Gasteiger partial charge in [0.25, 0.3) is 0 Å². The fourth-order valence-corrected chi connectivity index (χ4v) is 6.15. The summed E-state index contributed by atoms with van der Waals surface area (Å²) in [5, 5.41) is 24.7. The Hall–Kier alpha value is -3.46. The highest BCUT2D eigenvalue weighted by molar-refractivity contribution is 7.89. The van der Waals surface area contributed by atoms with Gasteiger partial charge in [-0.3, -0.25) is 4.57 Å². The van der Waals surface area contributed by atoms with Gasteiger partial charge < -0.3 is 25.0 Å². The summed E-state index contributed by atoms with van der Waals surface area (Å²) in [5.41, 5.74) is 2.96. The lowest BCUT2D eigenvalue weighted by molar-refractivity contribution is -0.0580. The van der Waals surface area contributed by atoms with E-state index in [0.29, 0.717) is 29.9 Å². The maximum atomic E-state index is 12.4. The molecule has 1 aliphatic rings. The van der Waals surface area contributed by atoms with Gasteiger partial charge in [-0.15, -0.1) is 0 Å². The highest BCUT2D eigenvalue weighted by Crippen LogP contribution is 2.33. The molecule has 0 saturated carbocycles. The molecular formula is C29H36N6O6S. The molecule has 12 nitrogen and oxygen atoms in total. The number of imidazole rings is 1. The molecule has 0 unspecified atom stereocenters. The summed E-state index contributed by atoms with van der Waals surface area (Å²) >= 11 is 0. The maximum absolute atomic E-state index is 12.4. The highest BCUT2D eigenvalue weighted by atomic mass is 32.2. The molecule has 0 aliphatic carbocycles. The van der Waals surface area contributed by atoms with Crippen LogP contribution in [0.15, 0.2) is 67.0 Å². The van der Waals surface area contributed by atoms with Crippen molar-refractivity contribution in [3.63, 3.8) is 0 Å². The highest BCUT2D eigenvalue weighted by Gasteiger charge is 2.44. The number of benzene rings is 2. The molecule has 1 aliphatic heterocycles. The van der Waals surface area contributed by atoms with Crippen LogP contribution in [0.4, 0.5) is 5.82 Å². The van der Waals surface area contributed by atoms with Crippen molar-refractivity contribution in [2.75, 3.05) is 31.3 Å². The number of aliphatic hydroxyl groups is 2. The molecule has 13 heteroatoms. The van der Waals surface area contributed by atoms with Gasteiger partial charge in [0.15, 0.2) is 23.2 Å². The van der Waals surface area contributed by atoms with Crippen molar-refractivity contribution in [1.29, 1.82) is 0 Å². The fourth-order valence-electron chi connectivity index (χ4n) is 5.12. The van der Waals surface area contributed by atoms with Gasteiger partial charge in [0.05, 0.1) is 25.2 Å². The molecule has 0 spiro atoms. The number of ether oxygens (including phenoxy) is 2. The average Bonchev–Trinajstić information content (AvgIpc) is 3.54. The predicted octanol–water partition coefficient (Wildman–Crippen LogP) is 2.17. The Labute approximate surface area is 244 Å². The second-order valence-corrected chi connectivity index (χ2v) is 12.1. The van der Waals surface area contributed by atoms with E-state index >= 15 is 0 Å². The van der Waals surface area contributed by atoms with Crippen LogP contribution in [-0.4, -0.2) is 82.5 Å². The molecule has 0 amide bonds. The summed E-state index contributed by atoms with van der Waals surface area (Å²) < 4.78 is 39.9. The van der Waals surface area contributed by atoms with Gasteiger partial charge in [0, 0.05) is 19.6 Å². The molecule has 4 aromatic rings. The largest absolute Gasteiger partial charge is 0.387 e. The van der Waals surface area contributed by atoms with Crippen LogP contribution in [0.25, 0.3) is 11.2 Å². The zero-order chi connectivity index (χ0) is 29.7. The Kier molecular flexibility index (Phi) is 9.46. The molecule has 1 fully saturated rings. The number of rotatable bonds is 13. The van der Waals surface area contributed by atoms with Crippen LogP contribution in [0.5, 0.6) is 0 Å². The Morgan fingerprint density at radius 1 is 1.02 bits per heavy atom. The Balaban J connectivity index is 1.51. The summed E-state index contributed by atoms with van der Waals surface area (Å²) in [7, 11) is -2.04. The first kappa shape index (κ1) is 30.0. The topological polar surface area (TPSA) is 161 Å². The van der Waals surface area contributed by atoms with Crippen LogP contribution in [0.1, 0.15) is 42.4 Å². The summed E-state index contributed by atoms with van der Waals surface area (Å²) in [4.78, 5) is 13.8. The van der Waals surface area contributed by atoms with E-state index in [1.165, 1.54) is 18.0 Å². The number of aromatic nitrogens is 4. The van der Waals surface area contributed by atoms with Crippen molar-refractivity contribution in [2.45, 2.75) is 50.3 Å². The van der Waals surface area contributed by atoms with Gasteiger partial charge in [-0.05, 0) is 17.5 Å². The zero-order valence-corrected chi connectivity index (χ0v) is 24.3. The summed E-state index contributed by atoms with van der Waals surface area (Å²) in [6, 6.07) is 20.2. The molecule has 4 atom stereocenters. The van der Waals surface area contributed by atoms with Crippen LogP contribution in [0.2, 0.25) is 0 Å². The summed E-state index contributed by atoms with van der Waals surface area (Å²) in [5.74, 6) is 0.580. The van der Waals surface area contributed by atoms with Crippen LogP contribution in [0, 0.1) is 0 Å². The number of anilines is 1. The number of aliphatic hydroxyl groups excluding tert-OH is 2. The molecule has 2 aromatic heterocycles. The SMILES string of the molecule is CCCS(=O)(=O)NCc1nc(NCC(c2ccccc2)c2ccccc2)c2ncn([C@@H]3O[C@H](COC)[C@@H](O)[C@H]3O)c2n1. The monoisotopic (exact) mass is 596 g/mol. The van der Waals surface area contributed by atoms with Crippen molar-refractivity contribution in [3.8, 4) is 0 Å². The molecule has 3 heterocycles. The molecule has 5 rings (SSSR count). The lowest BCUT2D eigenvalue weighted by Gasteiger charge is -2.20. The first-order valence-electron chi connectivity index (χ1n) is 13.9. The van der Waals surface area contributed by atoms with Crippen LogP contribution in [-0.2, 0) is 26.0 Å². The molecule has 0 radical (unpaired) electrons. The van der Waals surface area contributed by atoms with E-state index in [-0.39, 0.29) is 30.6 Å². The van der Waals surface area contributed by atoms with Crippen LogP contribution < -0.4 is 10.0 Å². The van der Waals surface area contributed by atoms with Crippen LogP contribution in [0.3, 0.4) is 0 Å². The Bertz CT molecular complexity index is 1530. The van der Waals surface area contributed by atoms with Gasteiger partial charge in [-0.25, -0.2) is 28.1 Å². The number of sulfonamides is 1. The van der Waals surface area contributed by atoms with E-state index in [2.05, 4.69) is 49.3 Å². The molecule has 42 heavy (non-hydrogen) atoms. The van der Waals surface area contributed by atoms with Gasteiger partial charge in [-0.1, -0.05) is 67.6 Å². The van der Waals surface area contributed by atoms with Gasteiger partial charge in [0.2, 0.25) is 10.0 Å². The molecule has 2 aromatic carbocycles. The normalized spacial score (nSPS) is 20.9. The standard InChI is InChI=1S/C29H36N6O6S/c1-3-14-42(38,39)32-16-23-33-27(30-15-21(19-10-6-4-7-11-19)20-12-8-5-9-13-20)24-28(34-23)35(18-31-24)29-26(37)25(36)22(41-29)17-40-2/h4-13,18,21-22,25-26,29,32,36-37H,3,14-17H2,1-2H3,(H,30,33,34)/t22-,25-,26-,29-/m1/s1. The van der Waals surface area contributed by atoms with Gasteiger partial charge in [-0.2, -0.15) is 0 Å². The zero-order valence-electron chi connectivity index (χ0n) is 23.5. The first-order chi connectivity index (χ1) is 20.3. The third-order valence-corrected chi connectivity index (χ3v) is 8.74. The smallest absolute Gasteiger partial charge is 0.211 e. The van der Waals surface area contributed by atoms with E-state index in [9.17, 15) is 18.6 Å². The Morgan fingerprint density at radius 2 is 1.69 bits per heavy atom. The van der Waals surface area contributed by atoms with Crippen molar-refractivity contribution >= 4 is 27.0 Å². The second kappa shape index (κ2) is 13.2. The summed E-state index contributed by atoms with van der Waals surface area (Å²) in [6.45, 7) is 2.21. The lowest BCUT2D eigenvalue weighted by atomic mass is 9.91. The molecular weight excluding hydrogens is 560 g/mol. The summed E-state index contributed by atoms with van der Waals surface area (Å²) in [6.07, 6.45) is -2.23. The number of hydrogen-bond donors (Lipinski definition) is 4. The number of hydrogen-bond acceptors (Lipinski definition) is 10. The van der Waals surface area contributed by atoms with E-state index in [0.717, 1.165) is 11.1 Å². The number of methoxy groups -OCH3 is 1. The minimum Gasteiger partial charge on any atom is -0.387 e. The quantitative estimate of drug-likeness (QED) is 0.180. The predicted molar refractivity (Wildman–Crippen MR) is 157 cm³/mol. The van der Waals surface area contributed by atoms with Crippen LogP contribution >= 0.6 is 0 Å². The minimum atomic E-state index is -3.52. The van der Waals surface area contributed by atoms with E-state index < -0.39 is 34.6 Å². The van der Waals surface area contributed by atoms with E-state index in [1.807, 2.05) is 36.4 Å². The third kappa shape index (κ3) is 6.61. The number of nitrogens with one attached hydrogen (secondary N) is 2. The lowest BCUT2D eigenvalue weighted by Crippen LogP contribution is -2.33. The average molecular weight is 597 g/mol. The molecule has 224 valence electrons. The van der Waals surface area contributed by atoms with E-state index in [4.69, 9.17) is 9.47 Å². The van der Waals surface area contributed by atoms with Gasteiger partial charge in [0.1, 0.15) is 24.1 Å². The minimum absolute atomic E-state index is 0.0176. The van der Waals surface area contributed by atoms with Crippen molar-refractivity contribution in [1.82, 2.24) is 24.2 Å². The molecule has 1 saturated heterocycles.